The summed E-state index contributed by atoms with van der Waals surface area (Å²) in [4.78, 5) is 24.7. The molecule has 0 saturated heterocycles. The Labute approximate surface area is 121 Å². The Hall–Kier alpha value is -1.26. The van der Waals surface area contributed by atoms with Crippen LogP contribution in [0.3, 0.4) is 0 Å². The summed E-state index contributed by atoms with van der Waals surface area (Å²) in [6.07, 6.45) is 6.23. The maximum Gasteiger partial charge on any atom is 0.318 e. The van der Waals surface area contributed by atoms with Gasteiger partial charge in [0, 0.05) is 24.5 Å². The van der Waals surface area contributed by atoms with Gasteiger partial charge in [-0.15, -0.1) is 0 Å². The van der Waals surface area contributed by atoms with Crippen LogP contribution in [0.2, 0.25) is 0 Å². The van der Waals surface area contributed by atoms with Gasteiger partial charge in [0.05, 0.1) is 0 Å². The molecule has 0 aromatic carbocycles. The summed E-state index contributed by atoms with van der Waals surface area (Å²) in [5, 5.41) is 11.8. The highest BCUT2D eigenvalue weighted by molar-refractivity contribution is 5.75. The second-order valence-electron chi connectivity index (χ2n) is 6.34. The first-order valence-electron chi connectivity index (χ1n) is 7.65. The lowest BCUT2D eigenvalue weighted by atomic mass is 9.83. The summed E-state index contributed by atoms with van der Waals surface area (Å²) in [6.45, 7) is 6.53. The quantitative estimate of drug-likeness (QED) is 0.787. The topological polar surface area (TPSA) is 69.6 Å². The number of hydrogen-bond donors (Lipinski definition) is 2. The zero-order chi connectivity index (χ0) is 15.2. The molecule has 1 aliphatic carbocycles. The van der Waals surface area contributed by atoms with Gasteiger partial charge in [-0.1, -0.05) is 19.3 Å². The minimum absolute atomic E-state index is 0.0604. The molecule has 5 nitrogen and oxygen atoms in total. The Bertz CT molecular complexity index is 336. The number of carboxylic acids is 1. The fraction of sp³-hybridized carbons (Fsp3) is 0.867. The zero-order valence-electron chi connectivity index (χ0n) is 12.9. The van der Waals surface area contributed by atoms with Crippen LogP contribution < -0.4 is 5.32 Å². The lowest BCUT2D eigenvalue weighted by Gasteiger charge is -2.37. The van der Waals surface area contributed by atoms with Crippen molar-refractivity contribution in [1.82, 2.24) is 10.2 Å². The third-order valence-corrected chi connectivity index (χ3v) is 4.04. The largest absolute Gasteiger partial charge is 0.481 e. The summed E-state index contributed by atoms with van der Waals surface area (Å²) in [6, 6.07) is 0.0192. The molecule has 1 saturated carbocycles. The Morgan fingerprint density at radius 2 is 1.85 bits per heavy atom. The van der Waals surface area contributed by atoms with Gasteiger partial charge >= 0.3 is 12.0 Å². The van der Waals surface area contributed by atoms with Gasteiger partial charge in [0.2, 0.25) is 0 Å². The van der Waals surface area contributed by atoms with Crippen LogP contribution in [0.25, 0.3) is 0 Å². The number of urea groups is 1. The highest BCUT2D eigenvalue weighted by Gasteiger charge is 2.30. The van der Waals surface area contributed by atoms with Crippen molar-refractivity contribution in [2.45, 2.75) is 77.3 Å². The molecule has 1 rings (SSSR count). The molecule has 0 aromatic heterocycles. The van der Waals surface area contributed by atoms with Gasteiger partial charge in [0.15, 0.2) is 0 Å². The van der Waals surface area contributed by atoms with E-state index in [1.807, 2.05) is 13.8 Å². The van der Waals surface area contributed by atoms with Crippen molar-refractivity contribution in [2.75, 3.05) is 6.54 Å². The first-order chi connectivity index (χ1) is 9.34. The van der Waals surface area contributed by atoms with Crippen molar-refractivity contribution < 1.29 is 14.7 Å². The van der Waals surface area contributed by atoms with E-state index in [1.54, 1.807) is 4.90 Å². The third-order valence-electron chi connectivity index (χ3n) is 4.04. The Balaban J connectivity index is 2.52. The van der Waals surface area contributed by atoms with Crippen molar-refractivity contribution in [3.8, 4) is 0 Å². The monoisotopic (exact) mass is 284 g/mol. The molecule has 0 aliphatic heterocycles. The summed E-state index contributed by atoms with van der Waals surface area (Å²) in [5.41, 5.74) is -0.102. The lowest BCUT2D eigenvalue weighted by Crippen LogP contribution is -2.54. The van der Waals surface area contributed by atoms with E-state index in [0.29, 0.717) is 13.0 Å². The van der Waals surface area contributed by atoms with Crippen LogP contribution in [-0.2, 0) is 4.79 Å². The minimum atomic E-state index is -0.812. The lowest BCUT2D eigenvalue weighted by molar-refractivity contribution is -0.137. The molecule has 0 unspecified atom stereocenters. The van der Waals surface area contributed by atoms with E-state index in [0.717, 1.165) is 25.7 Å². The Morgan fingerprint density at radius 3 is 2.35 bits per heavy atom. The molecule has 20 heavy (non-hydrogen) atoms. The number of aliphatic carboxylic acids is 1. The molecule has 0 heterocycles. The van der Waals surface area contributed by atoms with E-state index in [1.165, 1.54) is 6.42 Å². The average Bonchev–Trinajstić information content (AvgIpc) is 2.33. The molecule has 1 aliphatic rings. The summed E-state index contributed by atoms with van der Waals surface area (Å²) in [7, 11) is 0. The fourth-order valence-corrected chi connectivity index (χ4v) is 2.78. The van der Waals surface area contributed by atoms with Crippen molar-refractivity contribution >= 4 is 12.0 Å². The SMILES string of the molecule is CC(C)N(CCCC(=O)O)C(=O)NC1(C)CCCCC1. The number of nitrogens with one attached hydrogen (secondary N) is 1. The highest BCUT2D eigenvalue weighted by Crippen LogP contribution is 2.27. The van der Waals surface area contributed by atoms with Gasteiger partial charge in [-0.25, -0.2) is 4.79 Å². The van der Waals surface area contributed by atoms with Crippen LogP contribution in [0.1, 0.15) is 65.7 Å². The normalized spacial score (nSPS) is 17.8. The van der Waals surface area contributed by atoms with Crippen LogP contribution in [0.5, 0.6) is 0 Å². The number of nitrogens with zero attached hydrogens (tertiary/aromatic N) is 1. The van der Waals surface area contributed by atoms with E-state index in [2.05, 4.69) is 12.2 Å². The predicted octanol–water partition coefficient (Wildman–Crippen LogP) is 2.99. The van der Waals surface area contributed by atoms with Gasteiger partial charge < -0.3 is 15.3 Å². The van der Waals surface area contributed by atoms with Crippen LogP contribution in [0.4, 0.5) is 4.79 Å². The van der Waals surface area contributed by atoms with Crippen molar-refractivity contribution in [3.63, 3.8) is 0 Å². The predicted molar refractivity (Wildman–Crippen MR) is 78.7 cm³/mol. The van der Waals surface area contributed by atoms with Crippen molar-refractivity contribution in [2.24, 2.45) is 0 Å². The standard InChI is InChI=1S/C15H28N2O3/c1-12(2)17(11-7-8-13(18)19)14(20)16-15(3)9-5-4-6-10-15/h12H,4-11H2,1-3H3,(H,16,20)(H,18,19). The molecule has 0 spiro atoms. The fourth-order valence-electron chi connectivity index (χ4n) is 2.78. The molecule has 0 radical (unpaired) electrons. The van der Waals surface area contributed by atoms with E-state index in [4.69, 9.17) is 5.11 Å². The number of carbonyl (C=O) groups excluding carboxylic acids is 1. The molecule has 2 amide bonds. The number of amides is 2. The highest BCUT2D eigenvalue weighted by atomic mass is 16.4. The molecular weight excluding hydrogens is 256 g/mol. The Morgan fingerprint density at radius 1 is 1.25 bits per heavy atom. The Kier molecular flexibility index (Phi) is 6.30. The maximum absolute atomic E-state index is 12.4. The molecule has 0 bridgehead atoms. The summed E-state index contributed by atoms with van der Waals surface area (Å²) in [5.74, 6) is -0.812. The summed E-state index contributed by atoms with van der Waals surface area (Å²) < 4.78 is 0. The van der Waals surface area contributed by atoms with Crippen LogP contribution in [0.15, 0.2) is 0 Å². The smallest absolute Gasteiger partial charge is 0.318 e. The molecular formula is C15H28N2O3. The molecule has 0 atom stereocenters. The second kappa shape index (κ2) is 7.50. The van der Waals surface area contributed by atoms with Crippen LogP contribution in [0, 0.1) is 0 Å². The average molecular weight is 284 g/mol. The van der Waals surface area contributed by atoms with Gasteiger partial charge in [-0.3, -0.25) is 4.79 Å². The van der Waals surface area contributed by atoms with E-state index in [9.17, 15) is 9.59 Å². The van der Waals surface area contributed by atoms with Gasteiger partial charge in [-0.05, 0) is 40.0 Å². The van der Waals surface area contributed by atoms with Gasteiger partial charge in [-0.2, -0.15) is 0 Å². The number of carboxylic acid groups (broad SMARTS) is 1. The van der Waals surface area contributed by atoms with Crippen LogP contribution >= 0.6 is 0 Å². The van der Waals surface area contributed by atoms with Crippen molar-refractivity contribution in [3.05, 3.63) is 0 Å². The maximum atomic E-state index is 12.4. The molecule has 0 aromatic rings. The minimum Gasteiger partial charge on any atom is -0.481 e. The van der Waals surface area contributed by atoms with Crippen LogP contribution in [-0.4, -0.2) is 40.1 Å². The first kappa shape index (κ1) is 16.8. The number of carbonyl (C=O) groups is 2. The van der Waals surface area contributed by atoms with Gasteiger partial charge in [0.1, 0.15) is 0 Å². The number of rotatable bonds is 6. The van der Waals surface area contributed by atoms with E-state index >= 15 is 0 Å². The molecule has 116 valence electrons. The summed E-state index contributed by atoms with van der Waals surface area (Å²) >= 11 is 0. The van der Waals surface area contributed by atoms with E-state index < -0.39 is 5.97 Å². The zero-order valence-corrected chi connectivity index (χ0v) is 12.9. The van der Waals surface area contributed by atoms with E-state index in [-0.39, 0.29) is 24.0 Å². The molecule has 5 heteroatoms. The molecule has 1 fully saturated rings. The third kappa shape index (κ3) is 5.39. The van der Waals surface area contributed by atoms with Crippen molar-refractivity contribution in [1.29, 1.82) is 0 Å². The molecule has 2 N–H and O–H groups in total. The first-order valence-corrected chi connectivity index (χ1v) is 7.65. The van der Waals surface area contributed by atoms with Gasteiger partial charge in [0.25, 0.3) is 0 Å². The number of hydrogen-bond acceptors (Lipinski definition) is 2. The second-order valence-corrected chi connectivity index (χ2v) is 6.34.